The molecule has 1 aromatic rings. The van der Waals surface area contributed by atoms with Crippen molar-refractivity contribution in [2.45, 2.75) is 25.2 Å². The van der Waals surface area contributed by atoms with E-state index in [9.17, 15) is 4.39 Å². The van der Waals surface area contributed by atoms with Crippen LogP contribution in [0, 0.1) is 5.82 Å². The Morgan fingerprint density at radius 3 is 3.00 bits per heavy atom. The highest BCUT2D eigenvalue weighted by Gasteiger charge is 2.36. The zero-order chi connectivity index (χ0) is 11.6. The van der Waals surface area contributed by atoms with Crippen LogP contribution in [0.5, 0.6) is 0 Å². The van der Waals surface area contributed by atoms with E-state index in [1.165, 1.54) is 12.1 Å². The minimum absolute atomic E-state index is 0.0692. The summed E-state index contributed by atoms with van der Waals surface area (Å²) in [6, 6.07) is 6.45. The predicted octanol–water partition coefficient (Wildman–Crippen LogP) is 2.74. The molecule has 88 valence electrons. The molecular formula is C12H14ClFO2. The van der Waals surface area contributed by atoms with Gasteiger partial charge in [0.05, 0.1) is 18.6 Å². The number of hydrogen-bond acceptors (Lipinski definition) is 2. The van der Waals surface area contributed by atoms with Crippen LogP contribution in [0.25, 0.3) is 0 Å². The molecule has 0 spiro atoms. The van der Waals surface area contributed by atoms with E-state index in [0.29, 0.717) is 18.9 Å². The van der Waals surface area contributed by atoms with Gasteiger partial charge in [-0.15, -0.1) is 11.6 Å². The summed E-state index contributed by atoms with van der Waals surface area (Å²) in [5.74, 6) is -0.514. The maximum Gasteiger partial charge on any atom is 0.170 e. The monoisotopic (exact) mass is 244 g/mol. The summed E-state index contributed by atoms with van der Waals surface area (Å²) in [6.45, 7) is 2.35. The van der Waals surface area contributed by atoms with Gasteiger partial charge in [0.15, 0.2) is 5.79 Å². The van der Waals surface area contributed by atoms with Crippen LogP contribution in [0.1, 0.15) is 12.5 Å². The van der Waals surface area contributed by atoms with Crippen LogP contribution in [0.15, 0.2) is 24.3 Å². The summed E-state index contributed by atoms with van der Waals surface area (Å²) in [7, 11) is 0. The molecule has 16 heavy (non-hydrogen) atoms. The second-order valence-corrected chi connectivity index (χ2v) is 4.45. The molecule has 4 heteroatoms. The van der Waals surface area contributed by atoms with E-state index in [4.69, 9.17) is 21.1 Å². The first-order valence-electron chi connectivity index (χ1n) is 5.23. The average Bonchev–Trinajstić information content (AvgIpc) is 2.60. The number of halogens is 2. The Labute approximate surface area is 99.3 Å². The van der Waals surface area contributed by atoms with Crippen molar-refractivity contribution in [1.82, 2.24) is 0 Å². The highest BCUT2D eigenvalue weighted by molar-refractivity contribution is 6.18. The minimum Gasteiger partial charge on any atom is -0.347 e. The lowest BCUT2D eigenvalue weighted by molar-refractivity contribution is -0.150. The van der Waals surface area contributed by atoms with Gasteiger partial charge in [-0.25, -0.2) is 4.39 Å². The van der Waals surface area contributed by atoms with E-state index in [2.05, 4.69) is 0 Å². The number of ether oxygens (including phenoxy) is 2. The van der Waals surface area contributed by atoms with Gasteiger partial charge in [0.1, 0.15) is 5.82 Å². The first kappa shape index (κ1) is 11.8. The highest BCUT2D eigenvalue weighted by Crippen LogP contribution is 2.27. The van der Waals surface area contributed by atoms with Gasteiger partial charge in [0.25, 0.3) is 0 Å². The van der Waals surface area contributed by atoms with Crippen molar-refractivity contribution in [3.8, 4) is 0 Å². The normalized spacial score (nSPS) is 29.6. The van der Waals surface area contributed by atoms with Crippen LogP contribution in [0.4, 0.5) is 4.39 Å². The third-order valence-electron chi connectivity index (χ3n) is 2.58. The maximum absolute atomic E-state index is 13.0. The van der Waals surface area contributed by atoms with Crippen molar-refractivity contribution in [1.29, 1.82) is 0 Å². The van der Waals surface area contributed by atoms with Gasteiger partial charge < -0.3 is 9.47 Å². The number of rotatable bonds is 3. The molecule has 1 fully saturated rings. The Bertz CT molecular complexity index is 372. The molecule has 1 saturated heterocycles. The zero-order valence-electron chi connectivity index (χ0n) is 9.08. The van der Waals surface area contributed by atoms with Gasteiger partial charge in [-0.1, -0.05) is 12.1 Å². The van der Waals surface area contributed by atoms with Crippen molar-refractivity contribution in [2.24, 2.45) is 0 Å². The molecule has 0 bridgehead atoms. The topological polar surface area (TPSA) is 18.5 Å². The van der Waals surface area contributed by atoms with Crippen LogP contribution in [0.2, 0.25) is 0 Å². The van der Waals surface area contributed by atoms with Gasteiger partial charge in [0.2, 0.25) is 0 Å². The Hall–Kier alpha value is -0.640. The highest BCUT2D eigenvalue weighted by atomic mass is 35.5. The van der Waals surface area contributed by atoms with Crippen molar-refractivity contribution in [3.05, 3.63) is 35.6 Å². The van der Waals surface area contributed by atoms with Crippen LogP contribution in [-0.2, 0) is 15.9 Å². The molecule has 0 amide bonds. The molecule has 2 rings (SSSR count). The quantitative estimate of drug-likeness (QED) is 0.762. The second-order valence-electron chi connectivity index (χ2n) is 4.15. The molecule has 0 aromatic heterocycles. The van der Waals surface area contributed by atoms with Gasteiger partial charge >= 0.3 is 0 Å². The minimum atomic E-state index is -0.687. The molecule has 2 nitrogen and oxygen atoms in total. The summed E-state index contributed by atoms with van der Waals surface area (Å²) < 4.78 is 24.2. The Morgan fingerprint density at radius 2 is 2.38 bits per heavy atom. The predicted molar refractivity (Wildman–Crippen MR) is 60.1 cm³/mol. The first-order valence-corrected chi connectivity index (χ1v) is 5.77. The molecule has 2 atom stereocenters. The molecule has 0 radical (unpaired) electrons. The van der Waals surface area contributed by atoms with Gasteiger partial charge in [0, 0.05) is 6.42 Å². The van der Waals surface area contributed by atoms with Crippen LogP contribution < -0.4 is 0 Å². The van der Waals surface area contributed by atoms with E-state index in [-0.39, 0.29) is 11.9 Å². The van der Waals surface area contributed by atoms with Crippen LogP contribution in [0.3, 0.4) is 0 Å². The van der Waals surface area contributed by atoms with Gasteiger partial charge in [-0.05, 0) is 24.6 Å². The molecule has 1 aliphatic rings. The third kappa shape index (κ3) is 2.73. The van der Waals surface area contributed by atoms with E-state index in [0.717, 1.165) is 5.56 Å². The number of benzene rings is 1. The van der Waals surface area contributed by atoms with E-state index in [1.54, 1.807) is 6.07 Å². The summed E-state index contributed by atoms with van der Waals surface area (Å²) in [4.78, 5) is 0. The van der Waals surface area contributed by atoms with E-state index >= 15 is 0 Å². The lowest BCUT2D eigenvalue weighted by Gasteiger charge is -2.23. The molecule has 0 saturated carbocycles. The molecule has 0 N–H and O–H groups in total. The summed E-state index contributed by atoms with van der Waals surface area (Å²) in [5.41, 5.74) is 0.859. The van der Waals surface area contributed by atoms with Crippen LogP contribution in [-0.4, -0.2) is 24.4 Å². The van der Waals surface area contributed by atoms with Crippen LogP contribution >= 0.6 is 11.6 Å². The summed E-state index contributed by atoms with van der Waals surface area (Å²) >= 11 is 5.70. The summed E-state index contributed by atoms with van der Waals surface area (Å²) in [6.07, 6.45) is 0.457. The van der Waals surface area contributed by atoms with E-state index in [1.807, 2.05) is 13.0 Å². The SMILES string of the molecule is CC1(Cc2cccc(F)c2)OCC(CCl)O1. The average molecular weight is 245 g/mol. The van der Waals surface area contributed by atoms with Gasteiger partial charge in [-0.3, -0.25) is 0 Å². The van der Waals surface area contributed by atoms with Crippen molar-refractivity contribution >= 4 is 11.6 Å². The largest absolute Gasteiger partial charge is 0.347 e. The van der Waals surface area contributed by atoms with Crippen molar-refractivity contribution < 1.29 is 13.9 Å². The third-order valence-corrected chi connectivity index (χ3v) is 2.92. The molecule has 1 heterocycles. The molecule has 2 unspecified atom stereocenters. The second kappa shape index (κ2) is 4.70. The first-order chi connectivity index (χ1) is 7.61. The molecule has 1 aliphatic heterocycles. The maximum atomic E-state index is 13.0. The van der Waals surface area contributed by atoms with E-state index < -0.39 is 5.79 Å². The number of alkyl halides is 1. The Kier molecular flexibility index (Phi) is 3.47. The fourth-order valence-electron chi connectivity index (χ4n) is 1.88. The molecule has 1 aromatic carbocycles. The standard InChI is InChI=1S/C12H14ClFO2/c1-12(15-8-11(7-13)16-12)6-9-3-2-4-10(14)5-9/h2-5,11H,6-8H2,1H3. The Balaban J connectivity index is 2.04. The zero-order valence-corrected chi connectivity index (χ0v) is 9.84. The fraction of sp³-hybridized carbons (Fsp3) is 0.500. The number of hydrogen-bond donors (Lipinski definition) is 0. The lowest BCUT2D eigenvalue weighted by atomic mass is 10.1. The molecular weight excluding hydrogens is 231 g/mol. The smallest absolute Gasteiger partial charge is 0.170 e. The Morgan fingerprint density at radius 1 is 1.56 bits per heavy atom. The lowest BCUT2D eigenvalue weighted by Crippen LogP contribution is -2.29. The summed E-state index contributed by atoms with van der Waals surface area (Å²) in [5, 5.41) is 0. The van der Waals surface area contributed by atoms with Crippen molar-refractivity contribution in [3.63, 3.8) is 0 Å². The van der Waals surface area contributed by atoms with Gasteiger partial charge in [-0.2, -0.15) is 0 Å². The molecule has 0 aliphatic carbocycles. The fourth-order valence-corrected chi connectivity index (χ4v) is 2.03. The van der Waals surface area contributed by atoms with Crippen molar-refractivity contribution in [2.75, 3.05) is 12.5 Å².